The molecule has 8 heteroatoms. The lowest BCUT2D eigenvalue weighted by molar-refractivity contribution is -0.117. The highest BCUT2D eigenvalue weighted by molar-refractivity contribution is 6.01. The Kier molecular flexibility index (Phi) is 6.20. The second-order valence-electron chi connectivity index (χ2n) is 8.12. The van der Waals surface area contributed by atoms with Crippen LogP contribution >= 0.6 is 0 Å². The second-order valence-corrected chi connectivity index (χ2v) is 8.12. The molecule has 172 valence electrons. The van der Waals surface area contributed by atoms with Crippen molar-refractivity contribution in [3.63, 3.8) is 0 Å². The van der Waals surface area contributed by atoms with Crippen LogP contribution in [0.25, 0.3) is 0 Å². The minimum absolute atomic E-state index is 0.0467. The summed E-state index contributed by atoms with van der Waals surface area (Å²) in [7, 11) is 0. The van der Waals surface area contributed by atoms with Crippen molar-refractivity contribution in [3.05, 3.63) is 90.6 Å². The van der Waals surface area contributed by atoms with Gasteiger partial charge in [0.05, 0.1) is 25.3 Å². The van der Waals surface area contributed by atoms with E-state index in [9.17, 15) is 4.79 Å². The average Bonchev–Trinajstić information content (AvgIpc) is 3.49. The topological polar surface area (TPSA) is 85.2 Å². The number of hydrogen-bond donors (Lipinski definition) is 1. The van der Waals surface area contributed by atoms with Crippen LogP contribution in [-0.2, 0) is 17.8 Å². The monoisotopic (exact) mass is 454 g/mol. The summed E-state index contributed by atoms with van der Waals surface area (Å²) in [4.78, 5) is 27.9. The molecule has 0 bridgehead atoms. The standard InChI is InChI=1S/C26H26N6O2/c1-2-23(19-7-4-3-5-8-19)32-24(33)15-20-17-28-26(30-25(20)32)29-21-9-6-10-22(16-21)34-14-13-31-12-11-27-18-31/h3-12,16-18,23H,2,13-15H2,1H3,(H,28,29,30). The lowest BCUT2D eigenvalue weighted by Crippen LogP contribution is -2.32. The van der Waals surface area contributed by atoms with Gasteiger partial charge in [-0.25, -0.2) is 9.97 Å². The third kappa shape index (κ3) is 4.61. The first kappa shape index (κ1) is 21.6. The van der Waals surface area contributed by atoms with Crippen LogP contribution in [0.2, 0.25) is 0 Å². The van der Waals surface area contributed by atoms with Gasteiger partial charge in [-0.05, 0) is 24.1 Å². The average molecular weight is 455 g/mol. The zero-order chi connectivity index (χ0) is 23.3. The number of aromatic nitrogens is 4. The number of nitrogens with one attached hydrogen (secondary N) is 1. The Morgan fingerprint density at radius 3 is 2.82 bits per heavy atom. The fourth-order valence-corrected chi connectivity index (χ4v) is 4.20. The van der Waals surface area contributed by atoms with Gasteiger partial charge in [-0.3, -0.25) is 9.69 Å². The van der Waals surface area contributed by atoms with Crippen LogP contribution in [-0.4, -0.2) is 32.0 Å². The third-order valence-electron chi connectivity index (χ3n) is 5.83. The maximum atomic E-state index is 12.9. The Bertz CT molecular complexity index is 1260. The fourth-order valence-electron chi connectivity index (χ4n) is 4.20. The predicted molar refractivity (Wildman–Crippen MR) is 130 cm³/mol. The SMILES string of the molecule is CCC(c1ccccc1)N1C(=O)Cc2cnc(Nc3cccc(OCCn4ccnc4)c3)nc21. The van der Waals surface area contributed by atoms with Crippen LogP contribution in [0.1, 0.15) is 30.5 Å². The molecule has 1 N–H and O–H groups in total. The number of imidazole rings is 1. The van der Waals surface area contributed by atoms with E-state index in [0.29, 0.717) is 24.8 Å². The zero-order valence-electron chi connectivity index (χ0n) is 19.0. The number of hydrogen-bond acceptors (Lipinski definition) is 6. The molecule has 1 unspecified atom stereocenters. The summed E-state index contributed by atoms with van der Waals surface area (Å²) in [6, 6.07) is 17.7. The van der Waals surface area contributed by atoms with Crippen molar-refractivity contribution >= 4 is 23.4 Å². The van der Waals surface area contributed by atoms with Crippen LogP contribution in [0.3, 0.4) is 0 Å². The number of fused-ring (bicyclic) bond motifs is 1. The molecule has 0 radical (unpaired) electrons. The summed E-state index contributed by atoms with van der Waals surface area (Å²) >= 11 is 0. The van der Waals surface area contributed by atoms with Gasteiger partial charge < -0.3 is 14.6 Å². The number of amides is 1. The molecule has 4 aromatic rings. The molecule has 2 aromatic carbocycles. The lowest BCUT2D eigenvalue weighted by Gasteiger charge is -2.27. The Labute approximate surface area is 198 Å². The molecule has 1 aliphatic heterocycles. The summed E-state index contributed by atoms with van der Waals surface area (Å²) in [5.74, 6) is 1.91. The van der Waals surface area contributed by atoms with Crippen molar-refractivity contribution in [2.75, 3.05) is 16.8 Å². The first-order valence-corrected chi connectivity index (χ1v) is 11.4. The molecule has 1 amide bonds. The van der Waals surface area contributed by atoms with E-state index in [4.69, 9.17) is 9.72 Å². The highest BCUT2D eigenvalue weighted by Crippen LogP contribution is 2.36. The molecule has 2 aromatic heterocycles. The summed E-state index contributed by atoms with van der Waals surface area (Å²) < 4.78 is 7.84. The van der Waals surface area contributed by atoms with Gasteiger partial charge in [0.1, 0.15) is 18.2 Å². The van der Waals surface area contributed by atoms with Gasteiger partial charge in [0, 0.05) is 35.9 Å². The van der Waals surface area contributed by atoms with Gasteiger partial charge in [-0.2, -0.15) is 4.98 Å². The summed E-state index contributed by atoms with van der Waals surface area (Å²) in [6.45, 7) is 3.33. The molecular weight excluding hydrogens is 428 g/mol. The van der Waals surface area contributed by atoms with E-state index in [1.807, 2.05) is 58.1 Å². The molecule has 3 heterocycles. The summed E-state index contributed by atoms with van der Waals surface area (Å²) in [5.41, 5.74) is 2.76. The van der Waals surface area contributed by atoms with Crippen molar-refractivity contribution < 1.29 is 9.53 Å². The number of anilines is 3. The van der Waals surface area contributed by atoms with Gasteiger partial charge >= 0.3 is 0 Å². The lowest BCUT2D eigenvalue weighted by atomic mass is 10.0. The zero-order valence-corrected chi connectivity index (χ0v) is 19.0. The van der Waals surface area contributed by atoms with Crippen LogP contribution in [0.15, 0.2) is 79.5 Å². The first-order valence-electron chi connectivity index (χ1n) is 11.4. The maximum Gasteiger partial charge on any atom is 0.233 e. The highest BCUT2D eigenvalue weighted by atomic mass is 16.5. The van der Waals surface area contributed by atoms with Gasteiger partial charge in [-0.1, -0.05) is 43.3 Å². The smallest absolute Gasteiger partial charge is 0.233 e. The van der Waals surface area contributed by atoms with Gasteiger partial charge in [0.2, 0.25) is 11.9 Å². The normalized spacial score (nSPS) is 13.6. The van der Waals surface area contributed by atoms with E-state index in [1.165, 1.54) is 0 Å². The predicted octanol–water partition coefficient (Wildman–Crippen LogP) is 4.54. The minimum Gasteiger partial charge on any atom is -0.492 e. The Morgan fingerprint density at radius 1 is 1.15 bits per heavy atom. The van der Waals surface area contributed by atoms with Crippen molar-refractivity contribution in [3.8, 4) is 5.75 Å². The Hall–Kier alpha value is -4.20. The van der Waals surface area contributed by atoms with Crippen molar-refractivity contribution in [2.24, 2.45) is 0 Å². The molecule has 5 rings (SSSR count). The van der Waals surface area contributed by atoms with Crippen molar-refractivity contribution in [1.29, 1.82) is 0 Å². The van der Waals surface area contributed by atoms with Crippen LogP contribution in [0.5, 0.6) is 5.75 Å². The van der Waals surface area contributed by atoms with E-state index >= 15 is 0 Å². The first-order chi connectivity index (χ1) is 16.7. The van der Waals surface area contributed by atoms with Crippen LogP contribution in [0.4, 0.5) is 17.5 Å². The van der Waals surface area contributed by atoms with Gasteiger partial charge in [-0.15, -0.1) is 0 Å². The second kappa shape index (κ2) is 9.74. The van der Waals surface area contributed by atoms with Crippen LogP contribution < -0.4 is 15.0 Å². The summed E-state index contributed by atoms with van der Waals surface area (Å²) in [5, 5.41) is 3.25. The van der Waals surface area contributed by atoms with E-state index in [0.717, 1.165) is 35.5 Å². The van der Waals surface area contributed by atoms with E-state index in [-0.39, 0.29) is 11.9 Å². The number of rotatable bonds is 9. The molecule has 0 aliphatic carbocycles. The van der Waals surface area contributed by atoms with Gasteiger partial charge in [0.25, 0.3) is 0 Å². The molecule has 0 spiro atoms. The molecule has 1 aliphatic rings. The van der Waals surface area contributed by atoms with Crippen molar-refractivity contribution in [2.45, 2.75) is 32.4 Å². The molecule has 1 atom stereocenters. The Balaban J connectivity index is 1.32. The van der Waals surface area contributed by atoms with E-state index in [2.05, 4.69) is 34.3 Å². The largest absolute Gasteiger partial charge is 0.492 e. The van der Waals surface area contributed by atoms with Crippen molar-refractivity contribution in [1.82, 2.24) is 19.5 Å². The molecule has 0 saturated carbocycles. The third-order valence-corrected chi connectivity index (χ3v) is 5.83. The quantitative estimate of drug-likeness (QED) is 0.400. The molecule has 34 heavy (non-hydrogen) atoms. The maximum absolute atomic E-state index is 12.9. The fraction of sp³-hybridized carbons (Fsp3) is 0.231. The van der Waals surface area contributed by atoms with Gasteiger partial charge in [0.15, 0.2) is 0 Å². The Morgan fingerprint density at radius 2 is 2.03 bits per heavy atom. The van der Waals surface area contributed by atoms with Crippen LogP contribution in [0, 0.1) is 0 Å². The number of benzene rings is 2. The minimum atomic E-state index is -0.0649. The highest BCUT2D eigenvalue weighted by Gasteiger charge is 2.35. The molecular formula is C26H26N6O2. The molecule has 8 nitrogen and oxygen atoms in total. The van der Waals surface area contributed by atoms with E-state index < -0.39 is 0 Å². The van der Waals surface area contributed by atoms with E-state index in [1.54, 1.807) is 18.7 Å². The number of carbonyl (C=O) groups is 1. The molecule has 0 saturated heterocycles. The molecule has 0 fully saturated rings. The number of nitrogens with zero attached hydrogens (tertiary/aromatic N) is 5. The number of ether oxygens (including phenoxy) is 1. The number of carbonyl (C=O) groups excluding carboxylic acids is 1. The summed E-state index contributed by atoms with van der Waals surface area (Å²) in [6.07, 6.45) is 8.27.